The molecule has 0 spiro atoms. The van der Waals surface area contributed by atoms with Crippen molar-refractivity contribution in [3.8, 4) is 0 Å². The van der Waals surface area contributed by atoms with E-state index < -0.39 is 0 Å². The Bertz CT molecular complexity index is 448. The van der Waals surface area contributed by atoms with Crippen LogP contribution in [0.4, 0.5) is 0 Å². The van der Waals surface area contributed by atoms with Gasteiger partial charge in [0.2, 0.25) is 5.70 Å². The highest BCUT2D eigenvalue weighted by molar-refractivity contribution is 5.50. The molecule has 0 unspecified atom stereocenters. The summed E-state index contributed by atoms with van der Waals surface area (Å²) in [5.41, 5.74) is 0.280. The summed E-state index contributed by atoms with van der Waals surface area (Å²) in [6.45, 7) is 1.79. The molecule has 0 N–H and O–H groups in total. The van der Waals surface area contributed by atoms with Gasteiger partial charge in [-0.1, -0.05) is 56.2 Å². The maximum atomic E-state index is 10.6. The van der Waals surface area contributed by atoms with Gasteiger partial charge >= 0.3 is 0 Å². The molecular formula is C20H30NO3. The molecule has 133 valence electrons. The molecule has 0 aromatic rings. The minimum atomic E-state index is -0.316. The third-order valence-electron chi connectivity index (χ3n) is 3.53. The number of hydrogen-bond donors (Lipinski definition) is 0. The van der Waals surface area contributed by atoms with Crippen molar-refractivity contribution in [2.75, 3.05) is 0 Å². The molecule has 0 saturated heterocycles. The van der Waals surface area contributed by atoms with Crippen molar-refractivity contribution in [1.82, 2.24) is 0 Å². The lowest BCUT2D eigenvalue weighted by molar-refractivity contribution is -0.427. The lowest BCUT2D eigenvalue weighted by Gasteiger charge is -1.95. The summed E-state index contributed by atoms with van der Waals surface area (Å²) in [6, 6.07) is 0. The molecule has 0 aliphatic heterocycles. The Kier molecular flexibility index (Phi) is 16.0. The van der Waals surface area contributed by atoms with Crippen LogP contribution in [-0.2, 0) is 4.79 Å². The van der Waals surface area contributed by atoms with Gasteiger partial charge in [-0.2, -0.15) is 0 Å². The first-order chi connectivity index (χ1) is 11.7. The molecule has 0 rings (SSSR count). The molecule has 0 fully saturated rings. The maximum Gasteiger partial charge on any atom is 0.242 e. The highest BCUT2D eigenvalue weighted by Gasteiger charge is 2.03. The van der Waals surface area contributed by atoms with Gasteiger partial charge in [0.15, 0.2) is 6.29 Å². The van der Waals surface area contributed by atoms with E-state index >= 15 is 0 Å². The molecule has 24 heavy (non-hydrogen) atoms. The van der Waals surface area contributed by atoms with Crippen LogP contribution in [-0.4, -0.2) is 11.2 Å². The van der Waals surface area contributed by atoms with Crippen molar-refractivity contribution in [3.63, 3.8) is 0 Å². The summed E-state index contributed by atoms with van der Waals surface area (Å²) in [5, 5.41) is 10.6. The maximum absolute atomic E-state index is 10.6. The Balaban J connectivity index is 3.58. The Morgan fingerprint density at radius 2 is 1.50 bits per heavy atom. The van der Waals surface area contributed by atoms with Crippen LogP contribution < -0.4 is 0 Å². The van der Waals surface area contributed by atoms with Gasteiger partial charge < -0.3 is 0 Å². The molecule has 4 nitrogen and oxygen atoms in total. The molecule has 0 aromatic carbocycles. The summed E-state index contributed by atoms with van der Waals surface area (Å²) >= 11 is 0. The van der Waals surface area contributed by atoms with Gasteiger partial charge in [0.25, 0.3) is 0 Å². The third-order valence-corrected chi connectivity index (χ3v) is 3.53. The van der Waals surface area contributed by atoms with Crippen molar-refractivity contribution in [2.24, 2.45) is 0 Å². The van der Waals surface area contributed by atoms with Crippen LogP contribution in [0.5, 0.6) is 0 Å². The number of unbranched alkanes of at least 4 members (excludes halogenated alkanes) is 5. The zero-order chi connectivity index (χ0) is 17.9. The van der Waals surface area contributed by atoms with Crippen LogP contribution in [0.2, 0.25) is 0 Å². The van der Waals surface area contributed by atoms with Crippen LogP contribution in [0.1, 0.15) is 71.1 Å². The smallest absolute Gasteiger partial charge is 0.242 e. The van der Waals surface area contributed by atoms with Gasteiger partial charge in [-0.25, -0.2) is 0 Å². The molecule has 1 radical (unpaired) electrons. The average Bonchev–Trinajstić information content (AvgIpc) is 2.57. The van der Waals surface area contributed by atoms with Crippen molar-refractivity contribution in [2.45, 2.75) is 71.1 Å². The monoisotopic (exact) mass is 332 g/mol. The van der Waals surface area contributed by atoms with Gasteiger partial charge in [0.05, 0.1) is 4.92 Å². The number of allylic oxidation sites excluding steroid dienone is 8. The first-order valence-corrected chi connectivity index (χ1v) is 8.85. The lowest BCUT2D eigenvalue weighted by Crippen LogP contribution is -1.96. The summed E-state index contributed by atoms with van der Waals surface area (Å²) < 4.78 is 0. The second-order valence-corrected chi connectivity index (χ2v) is 5.52. The molecule has 0 saturated carbocycles. The fourth-order valence-corrected chi connectivity index (χ4v) is 2.12. The largest absolute Gasteiger partial charge is 0.291 e. The molecule has 0 atom stereocenters. The summed E-state index contributed by atoms with van der Waals surface area (Å²) in [4.78, 5) is 20.3. The Labute approximate surface area is 146 Å². The molecule has 0 aromatic heterocycles. The van der Waals surface area contributed by atoms with Gasteiger partial charge in [-0.3, -0.25) is 14.9 Å². The van der Waals surface area contributed by atoms with Crippen molar-refractivity contribution >= 4 is 6.29 Å². The van der Waals surface area contributed by atoms with E-state index in [1.807, 2.05) is 18.4 Å². The Hall–Kier alpha value is -1.97. The predicted octanol–water partition coefficient (Wildman–Crippen LogP) is 5.85. The molecule has 0 heterocycles. The van der Waals surface area contributed by atoms with E-state index in [0.29, 0.717) is 19.3 Å². The first kappa shape index (κ1) is 22.0. The van der Waals surface area contributed by atoms with Gasteiger partial charge in [-0.15, -0.1) is 0 Å². The lowest BCUT2D eigenvalue weighted by atomic mass is 10.1. The van der Waals surface area contributed by atoms with Gasteiger partial charge in [-0.05, 0) is 44.6 Å². The SMILES string of the molecule is CC/C(=C/C/C=C/C/C=C/C/C=C/CCCCCC[C]=O)[N+](=O)[O-]. The molecule has 0 aliphatic carbocycles. The van der Waals surface area contributed by atoms with Gasteiger partial charge in [0.1, 0.15) is 0 Å². The van der Waals surface area contributed by atoms with Crippen LogP contribution in [0.3, 0.4) is 0 Å². The number of rotatable bonds is 15. The number of hydrogen-bond acceptors (Lipinski definition) is 3. The molecule has 4 heteroatoms. The average molecular weight is 332 g/mol. The first-order valence-electron chi connectivity index (χ1n) is 8.85. The predicted molar refractivity (Wildman–Crippen MR) is 100 cm³/mol. The highest BCUT2D eigenvalue weighted by Crippen LogP contribution is 2.06. The van der Waals surface area contributed by atoms with Crippen molar-refractivity contribution < 1.29 is 9.72 Å². The van der Waals surface area contributed by atoms with Crippen LogP contribution in [0, 0.1) is 10.1 Å². The summed E-state index contributed by atoms with van der Waals surface area (Å²) in [6.07, 6.45) is 25.2. The fraction of sp³-hybridized carbons (Fsp3) is 0.550. The highest BCUT2D eigenvalue weighted by atomic mass is 16.6. The summed E-state index contributed by atoms with van der Waals surface area (Å²) in [5.74, 6) is 0. The number of carbonyl (C=O) groups excluding carboxylic acids is 1. The topological polar surface area (TPSA) is 60.2 Å². The minimum absolute atomic E-state index is 0.280. The Morgan fingerprint density at radius 3 is 2.08 bits per heavy atom. The van der Waals surface area contributed by atoms with Crippen LogP contribution >= 0.6 is 0 Å². The summed E-state index contributed by atoms with van der Waals surface area (Å²) in [7, 11) is 0. The number of nitrogens with zero attached hydrogens (tertiary/aromatic N) is 1. The quantitative estimate of drug-likeness (QED) is 0.164. The normalized spacial score (nSPS) is 12.6. The number of nitro groups is 1. The van der Waals surface area contributed by atoms with Crippen LogP contribution in [0.15, 0.2) is 48.2 Å². The second-order valence-electron chi connectivity index (χ2n) is 5.52. The molecule has 0 aliphatic rings. The zero-order valence-electron chi connectivity index (χ0n) is 14.8. The fourth-order valence-electron chi connectivity index (χ4n) is 2.12. The van der Waals surface area contributed by atoms with E-state index in [4.69, 9.17) is 0 Å². The van der Waals surface area contributed by atoms with E-state index in [9.17, 15) is 14.9 Å². The zero-order valence-corrected chi connectivity index (χ0v) is 14.8. The van der Waals surface area contributed by atoms with Gasteiger partial charge in [0, 0.05) is 12.8 Å². The van der Waals surface area contributed by atoms with Crippen LogP contribution in [0.25, 0.3) is 0 Å². The molecule has 0 amide bonds. The van der Waals surface area contributed by atoms with E-state index in [1.54, 1.807) is 13.0 Å². The standard InChI is InChI=1S/C20H30NO3/c1-2-20(21(23)24)18-16-14-12-10-8-6-4-3-5-7-9-11-13-15-17-19-22/h3,5-6,8,12,14,18H,2,4,7,9-11,13,15-17H2,1H3/b5-3+,8-6+,14-12+,20-18-. The van der Waals surface area contributed by atoms with Crippen molar-refractivity contribution in [3.05, 3.63) is 58.3 Å². The Morgan fingerprint density at radius 1 is 0.917 bits per heavy atom. The molecule has 0 bridgehead atoms. The van der Waals surface area contributed by atoms with Crippen molar-refractivity contribution in [1.29, 1.82) is 0 Å². The third kappa shape index (κ3) is 14.9. The van der Waals surface area contributed by atoms with E-state index in [0.717, 1.165) is 32.1 Å². The minimum Gasteiger partial charge on any atom is -0.291 e. The molecular weight excluding hydrogens is 302 g/mol. The second kappa shape index (κ2) is 17.4. The van der Waals surface area contributed by atoms with E-state index in [2.05, 4.69) is 24.3 Å². The van der Waals surface area contributed by atoms with E-state index in [-0.39, 0.29) is 10.6 Å². The van der Waals surface area contributed by atoms with E-state index in [1.165, 1.54) is 12.8 Å².